The molecule has 1 aliphatic carbocycles. The molecule has 1 amide bonds. The topological polar surface area (TPSA) is 116 Å². The monoisotopic (exact) mass is 216 g/mol. The summed E-state index contributed by atoms with van der Waals surface area (Å²) in [4.78, 5) is 32.4. The predicted octanol–water partition coefficient (Wildman–Crippen LogP) is -1.75. The van der Waals surface area contributed by atoms with E-state index in [4.69, 9.17) is 10.2 Å². The number of hydrogen-bond donors (Lipinski definition) is 4. The van der Waals surface area contributed by atoms with E-state index in [1.807, 2.05) is 0 Å². The van der Waals surface area contributed by atoms with Crippen molar-refractivity contribution in [3.05, 3.63) is 0 Å². The minimum Gasteiger partial charge on any atom is -0.480 e. The quantitative estimate of drug-likeness (QED) is 0.433. The van der Waals surface area contributed by atoms with Gasteiger partial charge in [0.2, 0.25) is 5.91 Å². The Kier molecular flexibility index (Phi) is 2.94. The van der Waals surface area contributed by atoms with Gasteiger partial charge in [-0.25, -0.2) is 0 Å². The largest absolute Gasteiger partial charge is 0.480 e. The van der Waals surface area contributed by atoms with E-state index in [0.29, 0.717) is 0 Å². The number of amides is 1. The molecule has 2 unspecified atom stereocenters. The molecular weight excluding hydrogens is 204 g/mol. The second kappa shape index (κ2) is 3.85. The third-order valence-electron chi connectivity index (χ3n) is 2.46. The van der Waals surface area contributed by atoms with Crippen molar-refractivity contribution in [2.24, 2.45) is 5.92 Å². The molecule has 1 rings (SSSR count). The summed E-state index contributed by atoms with van der Waals surface area (Å²) in [7, 11) is 1.41. The van der Waals surface area contributed by atoms with Gasteiger partial charge in [0, 0.05) is 7.05 Å². The van der Waals surface area contributed by atoms with Gasteiger partial charge in [0.25, 0.3) is 0 Å². The molecule has 0 aliphatic heterocycles. The van der Waals surface area contributed by atoms with E-state index in [1.165, 1.54) is 7.05 Å². The lowest BCUT2D eigenvalue weighted by atomic mass is 10.2. The zero-order valence-electron chi connectivity index (χ0n) is 8.11. The van der Waals surface area contributed by atoms with Gasteiger partial charge in [-0.3, -0.25) is 19.7 Å². The summed E-state index contributed by atoms with van der Waals surface area (Å²) in [5, 5.41) is 22.0. The third kappa shape index (κ3) is 2.07. The minimum atomic E-state index is -1.40. The maximum Gasteiger partial charge on any atom is 0.324 e. The average molecular weight is 216 g/mol. The van der Waals surface area contributed by atoms with Gasteiger partial charge in [0.1, 0.15) is 5.54 Å². The maximum absolute atomic E-state index is 11.2. The first kappa shape index (κ1) is 11.4. The van der Waals surface area contributed by atoms with Gasteiger partial charge in [-0.2, -0.15) is 0 Å². The highest BCUT2D eigenvalue weighted by Gasteiger charge is 2.64. The van der Waals surface area contributed by atoms with Crippen molar-refractivity contribution < 1.29 is 24.6 Å². The first-order valence-corrected chi connectivity index (χ1v) is 4.36. The fraction of sp³-hybridized carbons (Fsp3) is 0.625. The number of aliphatic carboxylic acids is 2. The Bertz CT molecular complexity index is 316. The van der Waals surface area contributed by atoms with Gasteiger partial charge < -0.3 is 15.5 Å². The summed E-state index contributed by atoms with van der Waals surface area (Å²) in [5.74, 6) is -3.44. The second-order valence-electron chi connectivity index (χ2n) is 3.39. The van der Waals surface area contributed by atoms with Gasteiger partial charge in [0.05, 0.1) is 12.5 Å². The Labute approximate surface area is 85.5 Å². The van der Waals surface area contributed by atoms with Crippen molar-refractivity contribution in [2.45, 2.75) is 12.0 Å². The number of carboxylic acid groups (broad SMARTS) is 2. The van der Waals surface area contributed by atoms with Crippen LogP contribution in [0.5, 0.6) is 0 Å². The molecule has 1 saturated carbocycles. The number of hydrogen-bond acceptors (Lipinski definition) is 4. The number of carboxylic acids is 2. The van der Waals surface area contributed by atoms with E-state index in [-0.39, 0.29) is 6.42 Å². The molecule has 0 spiro atoms. The Morgan fingerprint density at radius 3 is 2.40 bits per heavy atom. The van der Waals surface area contributed by atoms with Crippen LogP contribution >= 0.6 is 0 Å². The van der Waals surface area contributed by atoms with Crippen LogP contribution in [0.15, 0.2) is 0 Å². The Balaban J connectivity index is 2.65. The summed E-state index contributed by atoms with van der Waals surface area (Å²) < 4.78 is 0. The fourth-order valence-electron chi connectivity index (χ4n) is 1.49. The fourth-order valence-corrected chi connectivity index (χ4v) is 1.49. The van der Waals surface area contributed by atoms with Crippen molar-refractivity contribution >= 4 is 17.8 Å². The molecule has 1 fully saturated rings. The van der Waals surface area contributed by atoms with Gasteiger partial charge in [-0.05, 0) is 6.42 Å². The van der Waals surface area contributed by atoms with Crippen molar-refractivity contribution in [1.29, 1.82) is 0 Å². The highest BCUT2D eigenvalue weighted by Crippen LogP contribution is 2.43. The normalized spacial score (nSPS) is 28.2. The van der Waals surface area contributed by atoms with E-state index >= 15 is 0 Å². The lowest BCUT2D eigenvalue weighted by molar-refractivity contribution is -0.143. The summed E-state index contributed by atoms with van der Waals surface area (Å²) in [5.41, 5.74) is -1.40. The molecule has 0 aromatic rings. The Morgan fingerprint density at radius 2 is 2.00 bits per heavy atom. The van der Waals surface area contributed by atoms with Crippen LogP contribution in [-0.4, -0.2) is 47.2 Å². The van der Waals surface area contributed by atoms with Crippen LogP contribution in [0.25, 0.3) is 0 Å². The Hall–Kier alpha value is -1.63. The molecule has 7 nitrogen and oxygen atoms in total. The van der Waals surface area contributed by atoms with Crippen molar-refractivity contribution in [3.8, 4) is 0 Å². The number of nitrogens with one attached hydrogen (secondary N) is 2. The van der Waals surface area contributed by atoms with Gasteiger partial charge >= 0.3 is 11.9 Å². The molecule has 0 aromatic carbocycles. The zero-order valence-corrected chi connectivity index (χ0v) is 8.11. The Morgan fingerprint density at radius 1 is 1.40 bits per heavy atom. The van der Waals surface area contributed by atoms with E-state index in [0.717, 1.165) is 0 Å². The maximum atomic E-state index is 11.2. The molecule has 0 heterocycles. The van der Waals surface area contributed by atoms with Gasteiger partial charge in [0.15, 0.2) is 0 Å². The van der Waals surface area contributed by atoms with E-state index in [9.17, 15) is 14.4 Å². The van der Waals surface area contributed by atoms with Crippen molar-refractivity contribution in [1.82, 2.24) is 10.6 Å². The highest BCUT2D eigenvalue weighted by molar-refractivity contribution is 5.96. The van der Waals surface area contributed by atoms with Crippen LogP contribution in [0.4, 0.5) is 0 Å². The highest BCUT2D eigenvalue weighted by atomic mass is 16.4. The van der Waals surface area contributed by atoms with Crippen molar-refractivity contribution in [2.75, 3.05) is 13.6 Å². The average Bonchev–Trinajstić information content (AvgIpc) is 2.89. The van der Waals surface area contributed by atoms with E-state index < -0.39 is 35.8 Å². The lowest BCUT2D eigenvalue weighted by Crippen LogP contribution is -2.46. The third-order valence-corrected chi connectivity index (χ3v) is 2.46. The summed E-state index contributed by atoms with van der Waals surface area (Å²) in [6.07, 6.45) is 0.120. The first-order chi connectivity index (χ1) is 6.94. The van der Waals surface area contributed by atoms with Crippen LogP contribution in [0.2, 0.25) is 0 Å². The number of carbonyl (C=O) groups is 3. The van der Waals surface area contributed by atoms with Crippen molar-refractivity contribution in [3.63, 3.8) is 0 Å². The van der Waals surface area contributed by atoms with Crippen LogP contribution in [0.1, 0.15) is 6.42 Å². The molecule has 15 heavy (non-hydrogen) atoms. The summed E-state index contributed by atoms with van der Waals surface area (Å²) >= 11 is 0. The minimum absolute atomic E-state index is 0.120. The molecule has 0 aromatic heterocycles. The van der Waals surface area contributed by atoms with E-state index in [2.05, 4.69) is 10.6 Å². The molecule has 2 atom stereocenters. The SMILES string of the molecule is CNC(=O)C1CC1(NCC(=O)O)C(=O)O. The molecule has 0 saturated heterocycles. The zero-order chi connectivity index (χ0) is 11.6. The molecule has 4 N–H and O–H groups in total. The summed E-state index contributed by atoms with van der Waals surface area (Å²) in [6, 6.07) is 0. The van der Waals surface area contributed by atoms with Gasteiger partial charge in [-0.15, -0.1) is 0 Å². The number of carbonyl (C=O) groups excluding carboxylic acids is 1. The molecule has 0 radical (unpaired) electrons. The van der Waals surface area contributed by atoms with Gasteiger partial charge in [-0.1, -0.05) is 0 Å². The predicted molar refractivity (Wildman–Crippen MR) is 48.2 cm³/mol. The smallest absolute Gasteiger partial charge is 0.324 e. The number of rotatable bonds is 5. The molecule has 84 valence electrons. The first-order valence-electron chi connectivity index (χ1n) is 4.36. The molecule has 1 aliphatic rings. The second-order valence-corrected chi connectivity index (χ2v) is 3.39. The van der Waals surface area contributed by atoms with E-state index in [1.54, 1.807) is 0 Å². The van der Waals surface area contributed by atoms with Crippen LogP contribution in [0, 0.1) is 5.92 Å². The standard InChI is InChI=1S/C8H12N2O5/c1-9-6(13)4-2-8(4,7(14)15)10-3-5(11)12/h4,10H,2-3H2,1H3,(H,9,13)(H,11,12)(H,14,15). The summed E-state index contributed by atoms with van der Waals surface area (Å²) in [6.45, 7) is -0.472. The van der Waals surface area contributed by atoms with Crippen LogP contribution in [-0.2, 0) is 14.4 Å². The molecular formula is C8H12N2O5. The molecule has 7 heteroatoms. The lowest BCUT2D eigenvalue weighted by Gasteiger charge is -2.12. The van der Waals surface area contributed by atoms with Crippen LogP contribution in [0.3, 0.4) is 0 Å². The van der Waals surface area contributed by atoms with Crippen LogP contribution < -0.4 is 10.6 Å². The molecule has 0 bridgehead atoms.